The molecule has 0 aromatic heterocycles. The number of hydrogen-bond acceptors (Lipinski definition) is 3. The molecule has 1 unspecified atom stereocenters. The molecule has 0 bridgehead atoms. The lowest BCUT2D eigenvalue weighted by Crippen LogP contribution is -2.28. The molecule has 0 aromatic carbocycles. The third-order valence-electron chi connectivity index (χ3n) is 2.58. The number of thioether (sulfide) groups is 1. The first-order valence-corrected chi connectivity index (χ1v) is 7.06. The summed E-state index contributed by atoms with van der Waals surface area (Å²) in [7, 11) is 0. The molecule has 1 N–H and O–H groups in total. The maximum atomic E-state index is 5.36. The Labute approximate surface area is 98.5 Å². The molecular formula is C12H25NOS. The fourth-order valence-electron chi connectivity index (χ4n) is 1.76. The highest BCUT2D eigenvalue weighted by molar-refractivity contribution is 8.00. The van der Waals surface area contributed by atoms with Crippen molar-refractivity contribution in [3.05, 3.63) is 0 Å². The summed E-state index contributed by atoms with van der Waals surface area (Å²) in [6, 6.07) is 0. The van der Waals surface area contributed by atoms with E-state index in [9.17, 15) is 0 Å². The van der Waals surface area contributed by atoms with E-state index in [1.165, 1.54) is 12.8 Å². The third kappa shape index (κ3) is 6.44. The Morgan fingerprint density at radius 3 is 2.47 bits per heavy atom. The molecule has 1 saturated heterocycles. The lowest BCUT2D eigenvalue weighted by molar-refractivity contribution is 0.0999. The molecule has 1 rings (SSSR count). The molecule has 0 spiro atoms. The van der Waals surface area contributed by atoms with Crippen molar-refractivity contribution in [2.24, 2.45) is 5.92 Å². The van der Waals surface area contributed by atoms with Gasteiger partial charge in [-0.05, 0) is 25.3 Å². The zero-order valence-corrected chi connectivity index (χ0v) is 11.1. The molecule has 0 amide bonds. The molecule has 2 nitrogen and oxygen atoms in total. The Morgan fingerprint density at radius 1 is 1.20 bits per heavy atom. The van der Waals surface area contributed by atoms with E-state index in [0.29, 0.717) is 0 Å². The summed E-state index contributed by atoms with van der Waals surface area (Å²) in [5.74, 6) is 0.755. The second-order valence-electron chi connectivity index (χ2n) is 4.81. The first-order chi connectivity index (χ1) is 7.18. The molecule has 1 aliphatic rings. The Hall–Kier alpha value is 0.270. The minimum absolute atomic E-state index is 0.729. The van der Waals surface area contributed by atoms with Crippen molar-refractivity contribution in [3.8, 4) is 0 Å². The molecule has 1 aliphatic heterocycles. The van der Waals surface area contributed by atoms with Crippen LogP contribution in [0.3, 0.4) is 0 Å². The van der Waals surface area contributed by atoms with Gasteiger partial charge in [0.25, 0.3) is 0 Å². The van der Waals surface area contributed by atoms with Crippen molar-refractivity contribution in [1.82, 2.24) is 5.32 Å². The van der Waals surface area contributed by atoms with Crippen LogP contribution in [0.2, 0.25) is 0 Å². The number of ether oxygens (including phenoxy) is 1. The molecule has 1 heterocycles. The summed E-state index contributed by atoms with van der Waals surface area (Å²) in [4.78, 5) is 0. The molecule has 0 radical (unpaired) electrons. The van der Waals surface area contributed by atoms with Crippen LogP contribution in [-0.2, 0) is 4.74 Å². The largest absolute Gasteiger partial charge is 0.381 e. The van der Waals surface area contributed by atoms with Gasteiger partial charge in [0.1, 0.15) is 0 Å². The van der Waals surface area contributed by atoms with Crippen LogP contribution in [0.4, 0.5) is 0 Å². The highest BCUT2D eigenvalue weighted by Crippen LogP contribution is 2.25. The fourth-order valence-corrected chi connectivity index (χ4v) is 3.10. The Kier molecular flexibility index (Phi) is 6.69. The summed E-state index contributed by atoms with van der Waals surface area (Å²) in [5, 5.41) is 5.08. The molecule has 90 valence electrons. The van der Waals surface area contributed by atoms with Crippen LogP contribution in [0.15, 0.2) is 0 Å². The molecule has 0 saturated carbocycles. The number of rotatable bonds is 6. The van der Waals surface area contributed by atoms with E-state index in [0.717, 1.165) is 42.7 Å². The van der Waals surface area contributed by atoms with Crippen molar-refractivity contribution >= 4 is 11.8 Å². The van der Waals surface area contributed by atoms with Crippen molar-refractivity contribution in [1.29, 1.82) is 0 Å². The van der Waals surface area contributed by atoms with Crippen molar-refractivity contribution < 1.29 is 4.74 Å². The lowest BCUT2D eigenvalue weighted by Gasteiger charge is -2.24. The first kappa shape index (κ1) is 13.3. The molecule has 15 heavy (non-hydrogen) atoms. The van der Waals surface area contributed by atoms with Gasteiger partial charge in [-0.3, -0.25) is 0 Å². The topological polar surface area (TPSA) is 21.3 Å². The zero-order chi connectivity index (χ0) is 11.1. The number of nitrogens with one attached hydrogen (secondary N) is 1. The standard InChI is InChI=1S/C12H25NOS/c1-10(2)8-13-9-11(3)15-12-4-6-14-7-5-12/h10-13H,4-9H2,1-3H3. The number of hydrogen-bond donors (Lipinski definition) is 1. The van der Waals surface area contributed by atoms with E-state index in [2.05, 4.69) is 37.8 Å². The minimum Gasteiger partial charge on any atom is -0.381 e. The van der Waals surface area contributed by atoms with E-state index >= 15 is 0 Å². The van der Waals surface area contributed by atoms with Gasteiger partial charge in [0.15, 0.2) is 0 Å². The van der Waals surface area contributed by atoms with Crippen LogP contribution in [0.25, 0.3) is 0 Å². The normalized spacial score (nSPS) is 20.8. The van der Waals surface area contributed by atoms with Gasteiger partial charge in [-0.2, -0.15) is 11.8 Å². The average Bonchev–Trinajstić information content (AvgIpc) is 2.18. The van der Waals surface area contributed by atoms with Crippen LogP contribution in [-0.4, -0.2) is 36.8 Å². The molecule has 3 heteroatoms. The molecular weight excluding hydrogens is 206 g/mol. The molecule has 1 fully saturated rings. The highest BCUT2D eigenvalue weighted by atomic mass is 32.2. The average molecular weight is 231 g/mol. The van der Waals surface area contributed by atoms with Gasteiger partial charge in [-0.1, -0.05) is 20.8 Å². The minimum atomic E-state index is 0.729. The Balaban J connectivity index is 2.03. The van der Waals surface area contributed by atoms with Crippen LogP contribution in [0.1, 0.15) is 33.6 Å². The molecule has 1 atom stereocenters. The quantitative estimate of drug-likeness (QED) is 0.759. The van der Waals surface area contributed by atoms with Crippen LogP contribution < -0.4 is 5.32 Å². The van der Waals surface area contributed by atoms with Crippen LogP contribution in [0, 0.1) is 5.92 Å². The summed E-state index contributed by atoms with van der Waals surface area (Å²) < 4.78 is 5.36. The highest BCUT2D eigenvalue weighted by Gasteiger charge is 2.16. The summed E-state index contributed by atoms with van der Waals surface area (Å²) in [5.41, 5.74) is 0. The monoisotopic (exact) mass is 231 g/mol. The SMILES string of the molecule is CC(C)CNCC(C)SC1CCOCC1. The van der Waals surface area contributed by atoms with Crippen molar-refractivity contribution in [3.63, 3.8) is 0 Å². The van der Waals surface area contributed by atoms with E-state index in [-0.39, 0.29) is 0 Å². The van der Waals surface area contributed by atoms with Crippen LogP contribution >= 0.6 is 11.8 Å². The summed E-state index contributed by atoms with van der Waals surface area (Å²) in [6.07, 6.45) is 2.47. The van der Waals surface area contributed by atoms with Crippen LogP contribution in [0.5, 0.6) is 0 Å². The third-order valence-corrected chi connectivity index (χ3v) is 4.07. The van der Waals surface area contributed by atoms with Gasteiger partial charge in [-0.25, -0.2) is 0 Å². The van der Waals surface area contributed by atoms with Gasteiger partial charge in [-0.15, -0.1) is 0 Å². The van der Waals surface area contributed by atoms with Gasteiger partial charge in [0, 0.05) is 30.3 Å². The van der Waals surface area contributed by atoms with Gasteiger partial charge >= 0.3 is 0 Å². The summed E-state index contributed by atoms with van der Waals surface area (Å²) >= 11 is 2.13. The summed E-state index contributed by atoms with van der Waals surface area (Å²) in [6.45, 7) is 11.0. The Morgan fingerprint density at radius 2 is 1.87 bits per heavy atom. The van der Waals surface area contributed by atoms with E-state index in [1.54, 1.807) is 0 Å². The van der Waals surface area contributed by atoms with Gasteiger partial charge in [0.05, 0.1) is 0 Å². The second-order valence-corrected chi connectivity index (χ2v) is 6.55. The second kappa shape index (κ2) is 7.53. The fraction of sp³-hybridized carbons (Fsp3) is 1.00. The van der Waals surface area contributed by atoms with Crippen molar-refractivity contribution in [2.45, 2.75) is 44.1 Å². The smallest absolute Gasteiger partial charge is 0.0476 e. The predicted octanol–water partition coefficient (Wildman–Crippen LogP) is 2.53. The van der Waals surface area contributed by atoms with Crippen molar-refractivity contribution in [2.75, 3.05) is 26.3 Å². The predicted molar refractivity (Wildman–Crippen MR) is 68.6 cm³/mol. The molecule has 0 aromatic rings. The van der Waals surface area contributed by atoms with Gasteiger partial charge < -0.3 is 10.1 Å². The lowest BCUT2D eigenvalue weighted by atomic mass is 10.2. The van der Waals surface area contributed by atoms with E-state index in [1.807, 2.05) is 0 Å². The Bertz CT molecular complexity index is 158. The first-order valence-electron chi connectivity index (χ1n) is 6.12. The zero-order valence-electron chi connectivity index (χ0n) is 10.3. The van der Waals surface area contributed by atoms with E-state index < -0.39 is 0 Å². The maximum absolute atomic E-state index is 5.36. The van der Waals surface area contributed by atoms with E-state index in [4.69, 9.17) is 4.74 Å². The van der Waals surface area contributed by atoms with Gasteiger partial charge in [0.2, 0.25) is 0 Å². The molecule has 0 aliphatic carbocycles. The maximum Gasteiger partial charge on any atom is 0.0476 e.